The highest BCUT2D eigenvalue weighted by molar-refractivity contribution is 8.00. The van der Waals surface area contributed by atoms with Gasteiger partial charge in [-0.3, -0.25) is 0 Å². The molecule has 1 aliphatic rings. The zero-order valence-corrected chi connectivity index (χ0v) is 11.0. The fraction of sp³-hybridized carbons (Fsp3) is 0.462. The summed E-state index contributed by atoms with van der Waals surface area (Å²) in [5.41, 5.74) is 2.58. The van der Waals surface area contributed by atoms with Gasteiger partial charge in [0.1, 0.15) is 0 Å². The van der Waals surface area contributed by atoms with Gasteiger partial charge in [-0.05, 0) is 30.7 Å². The molecule has 4 heteroatoms. The number of anilines is 1. The maximum Gasteiger partial charge on any atom is 0.335 e. The SMILES string of the molecule is Cc1cc(C(=O)O)ccc1N1CCSC(C)C1. The Bertz CT molecular complexity index is 433. The fourth-order valence-electron chi connectivity index (χ4n) is 2.18. The Kier molecular flexibility index (Phi) is 3.62. The molecule has 1 heterocycles. The third-order valence-corrected chi connectivity index (χ3v) is 4.16. The van der Waals surface area contributed by atoms with Crippen molar-refractivity contribution in [1.82, 2.24) is 0 Å². The highest BCUT2D eigenvalue weighted by atomic mass is 32.2. The second-order valence-electron chi connectivity index (χ2n) is 4.43. The van der Waals surface area contributed by atoms with E-state index in [0.717, 1.165) is 24.4 Å². The van der Waals surface area contributed by atoms with Crippen LogP contribution in [0.1, 0.15) is 22.8 Å². The van der Waals surface area contributed by atoms with E-state index >= 15 is 0 Å². The molecule has 1 aromatic carbocycles. The number of aryl methyl sites for hydroxylation is 1. The Morgan fingerprint density at radius 3 is 2.88 bits per heavy atom. The molecule has 92 valence electrons. The van der Waals surface area contributed by atoms with E-state index in [0.29, 0.717) is 10.8 Å². The Morgan fingerprint density at radius 2 is 2.29 bits per heavy atom. The van der Waals surface area contributed by atoms with Crippen molar-refractivity contribution in [3.8, 4) is 0 Å². The average molecular weight is 251 g/mol. The lowest BCUT2D eigenvalue weighted by molar-refractivity contribution is 0.0697. The molecular weight excluding hydrogens is 234 g/mol. The van der Waals surface area contributed by atoms with E-state index in [1.54, 1.807) is 12.1 Å². The quantitative estimate of drug-likeness (QED) is 0.877. The van der Waals surface area contributed by atoms with Gasteiger partial charge in [-0.15, -0.1) is 0 Å². The van der Waals surface area contributed by atoms with Crippen molar-refractivity contribution in [2.24, 2.45) is 0 Å². The summed E-state index contributed by atoms with van der Waals surface area (Å²) in [4.78, 5) is 13.2. The van der Waals surface area contributed by atoms with E-state index in [9.17, 15) is 4.79 Å². The van der Waals surface area contributed by atoms with Crippen LogP contribution in [0, 0.1) is 6.92 Å². The second kappa shape index (κ2) is 5.00. The van der Waals surface area contributed by atoms with Crippen molar-refractivity contribution in [3.63, 3.8) is 0 Å². The van der Waals surface area contributed by atoms with Crippen molar-refractivity contribution in [2.75, 3.05) is 23.7 Å². The lowest BCUT2D eigenvalue weighted by atomic mass is 10.1. The molecule has 17 heavy (non-hydrogen) atoms. The average Bonchev–Trinajstić information content (AvgIpc) is 2.28. The fourth-order valence-corrected chi connectivity index (χ4v) is 3.19. The largest absolute Gasteiger partial charge is 0.478 e. The van der Waals surface area contributed by atoms with Gasteiger partial charge in [0.2, 0.25) is 0 Å². The minimum absolute atomic E-state index is 0.366. The van der Waals surface area contributed by atoms with Gasteiger partial charge in [0.15, 0.2) is 0 Å². The summed E-state index contributed by atoms with van der Waals surface area (Å²) in [6.07, 6.45) is 0. The van der Waals surface area contributed by atoms with Gasteiger partial charge in [0.25, 0.3) is 0 Å². The number of aromatic carboxylic acids is 1. The molecule has 1 saturated heterocycles. The van der Waals surface area contributed by atoms with E-state index in [2.05, 4.69) is 11.8 Å². The number of nitrogens with zero attached hydrogens (tertiary/aromatic N) is 1. The number of carboxylic acid groups (broad SMARTS) is 1. The molecule has 1 fully saturated rings. The summed E-state index contributed by atoms with van der Waals surface area (Å²) in [6.45, 7) is 6.30. The van der Waals surface area contributed by atoms with Gasteiger partial charge in [-0.1, -0.05) is 6.92 Å². The first kappa shape index (κ1) is 12.3. The van der Waals surface area contributed by atoms with Gasteiger partial charge in [0.05, 0.1) is 5.56 Å². The molecule has 1 N–H and O–H groups in total. The number of benzene rings is 1. The molecular formula is C13H17NO2S. The number of hydrogen-bond acceptors (Lipinski definition) is 3. The van der Waals surface area contributed by atoms with Gasteiger partial charge >= 0.3 is 5.97 Å². The highest BCUT2D eigenvalue weighted by Crippen LogP contribution is 2.27. The van der Waals surface area contributed by atoms with Crippen LogP contribution in [0.3, 0.4) is 0 Å². The third kappa shape index (κ3) is 2.75. The van der Waals surface area contributed by atoms with Gasteiger partial charge in [-0.2, -0.15) is 11.8 Å². The van der Waals surface area contributed by atoms with Crippen LogP contribution in [-0.4, -0.2) is 35.2 Å². The van der Waals surface area contributed by atoms with E-state index in [4.69, 9.17) is 5.11 Å². The smallest absolute Gasteiger partial charge is 0.335 e. The first-order valence-electron chi connectivity index (χ1n) is 5.78. The van der Waals surface area contributed by atoms with E-state index in [1.807, 2.05) is 24.8 Å². The van der Waals surface area contributed by atoms with Crippen molar-refractivity contribution < 1.29 is 9.90 Å². The summed E-state index contributed by atoms with van der Waals surface area (Å²) in [6, 6.07) is 5.38. The Balaban J connectivity index is 2.23. The lowest BCUT2D eigenvalue weighted by Crippen LogP contribution is -2.37. The molecule has 0 saturated carbocycles. The highest BCUT2D eigenvalue weighted by Gasteiger charge is 2.18. The van der Waals surface area contributed by atoms with Crippen molar-refractivity contribution in [2.45, 2.75) is 19.1 Å². The van der Waals surface area contributed by atoms with Crippen molar-refractivity contribution in [3.05, 3.63) is 29.3 Å². The molecule has 3 nitrogen and oxygen atoms in total. The molecule has 0 radical (unpaired) electrons. The monoisotopic (exact) mass is 251 g/mol. The maximum absolute atomic E-state index is 10.9. The summed E-state index contributed by atoms with van der Waals surface area (Å²) in [7, 11) is 0. The standard InChI is InChI=1S/C13H17NO2S/c1-9-7-11(13(15)16)3-4-12(9)14-5-6-17-10(2)8-14/h3-4,7,10H,5-6,8H2,1-2H3,(H,15,16). The maximum atomic E-state index is 10.9. The second-order valence-corrected chi connectivity index (χ2v) is 5.98. The Labute approximate surface area is 106 Å². The van der Waals surface area contributed by atoms with Crippen LogP contribution < -0.4 is 4.90 Å². The van der Waals surface area contributed by atoms with E-state index in [1.165, 1.54) is 5.69 Å². The zero-order valence-electron chi connectivity index (χ0n) is 10.1. The topological polar surface area (TPSA) is 40.5 Å². The Morgan fingerprint density at radius 1 is 1.53 bits per heavy atom. The van der Waals surface area contributed by atoms with Gasteiger partial charge in [-0.25, -0.2) is 4.79 Å². The predicted molar refractivity (Wildman–Crippen MR) is 72.3 cm³/mol. The van der Waals surface area contributed by atoms with Gasteiger partial charge < -0.3 is 10.0 Å². The zero-order chi connectivity index (χ0) is 12.4. The van der Waals surface area contributed by atoms with Crippen LogP contribution in [0.15, 0.2) is 18.2 Å². The van der Waals surface area contributed by atoms with Gasteiger partial charge in [0, 0.05) is 29.8 Å². The van der Waals surface area contributed by atoms with E-state index in [-0.39, 0.29) is 0 Å². The van der Waals surface area contributed by atoms with Crippen LogP contribution in [0.4, 0.5) is 5.69 Å². The number of carboxylic acids is 1. The minimum Gasteiger partial charge on any atom is -0.478 e. The molecule has 0 aromatic heterocycles. The number of thioether (sulfide) groups is 1. The molecule has 1 aromatic rings. The van der Waals surface area contributed by atoms with Crippen molar-refractivity contribution in [1.29, 1.82) is 0 Å². The lowest BCUT2D eigenvalue weighted by Gasteiger charge is -2.33. The first-order chi connectivity index (χ1) is 8.08. The normalized spacial score (nSPS) is 20.4. The molecule has 2 rings (SSSR count). The van der Waals surface area contributed by atoms with Crippen LogP contribution in [0.25, 0.3) is 0 Å². The van der Waals surface area contributed by atoms with Crippen LogP contribution in [0.2, 0.25) is 0 Å². The van der Waals surface area contributed by atoms with Crippen LogP contribution >= 0.6 is 11.8 Å². The molecule has 0 bridgehead atoms. The van der Waals surface area contributed by atoms with Crippen LogP contribution in [0.5, 0.6) is 0 Å². The summed E-state index contributed by atoms with van der Waals surface area (Å²) < 4.78 is 0. The molecule has 0 aliphatic carbocycles. The van der Waals surface area contributed by atoms with E-state index < -0.39 is 5.97 Å². The molecule has 0 amide bonds. The Hall–Kier alpha value is -1.16. The third-order valence-electron chi connectivity index (χ3n) is 3.03. The molecule has 1 atom stereocenters. The number of hydrogen-bond donors (Lipinski definition) is 1. The molecule has 1 aliphatic heterocycles. The molecule has 0 spiro atoms. The summed E-state index contributed by atoms with van der Waals surface area (Å²) >= 11 is 1.99. The number of carbonyl (C=O) groups is 1. The first-order valence-corrected chi connectivity index (χ1v) is 6.83. The summed E-state index contributed by atoms with van der Waals surface area (Å²) in [5.74, 6) is 0.281. The number of rotatable bonds is 2. The van der Waals surface area contributed by atoms with Crippen molar-refractivity contribution >= 4 is 23.4 Å². The minimum atomic E-state index is -0.859. The molecule has 1 unspecified atom stereocenters. The van der Waals surface area contributed by atoms with Crippen LogP contribution in [-0.2, 0) is 0 Å². The predicted octanol–water partition coefficient (Wildman–Crippen LogP) is 2.63. The summed E-state index contributed by atoms with van der Waals surface area (Å²) in [5, 5.41) is 9.58.